The second kappa shape index (κ2) is 11.7. The summed E-state index contributed by atoms with van der Waals surface area (Å²) in [6.07, 6.45) is 2.26. The van der Waals surface area contributed by atoms with Crippen molar-refractivity contribution < 1.29 is 18.9 Å². The minimum atomic E-state index is -0.596. The lowest BCUT2D eigenvalue weighted by molar-refractivity contribution is -0.384. The summed E-state index contributed by atoms with van der Waals surface area (Å²) in [6.45, 7) is 4.43. The predicted molar refractivity (Wildman–Crippen MR) is 153 cm³/mol. The number of hydrogen-bond donors (Lipinski definition) is 0. The van der Waals surface area contributed by atoms with E-state index in [0.29, 0.717) is 27.6 Å². The van der Waals surface area contributed by atoms with Crippen LogP contribution in [-0.2, 0) is 24.2 Å². The SMILES string of the molecule is CCOC(=O)c1c(N=Cc2ccc(-c3cc(Cl)c([N+](=O)[O-])cc3Cl)o2)sc2c1CCN(Cc1ccccc1)C2. The number of nitrogens with zero attached hydrogens (tertiary/aromatic N) is 3. The number of aliphatic imine (C=N–C) groups is 1. The van der Waals surface area contributed by atoms with Crippen LogP contribution in [0.15, 0.2) is 64.0 Å². The fraction of sp³-hybridized carbons (Fsp3) is 0.214. The van der Waals surface area contributed by atoms with Crippen LogP contribution in [0.2, 0.25) is 10.0 Å². The molecule has 0 N–H and O–H groups in total. The number of nitro groups is 1. The monoisotopic (exact) mass is 583 g/mol. The highest BCUT2D eigenvalue weighted by molar-refractivity contribution is 7.16. The fourth-order valence-electron chi connectivity index (χ4n) is 4.48. The highest BCUT2D eigenvalue weighted by Gasteiger charge is 2.29. The molecule has 3 heterocycles. The normalized spacial score (nSPS) is 13.5. The average Bonchev–Trinajstić information content (AvgIpc) is 3.53. The first-order chi connectivity index (χ1) is 18.8. The topological polar surface area (TPSA) is 98.2 Å². The van der Waals surface area contributed by atoms with Crippen molar-refractivity contribution in [3.63, 3.8) is 0 Å². The zero-order chi connectivity index (χ0) is 27.5. The van der Waals surface area contributed by atoms with E-state index in [4.69, 9.17) is 32.4 Å². The maximum atomic E-state index is 12.9. The summed E-state index contributed by atoms with van der Waals surface area (Å²) < 4.78 is 11.2. The van der Waals surface area contributed by atoms with Crippen LogP contribution in [-0.4, -0.2) is 35.2 Å². The van der Waals surface area contributed by atoms with Gasteiger partial charge in [0.25, 0.3) is 5.69 Å². The Morgan fingerprint density at radius 1 is 1.21 bits per heavy atom. The molecule has 0 bridgehead atoms. The maximum absolute atomic E-state index is 12.9. The number of thiophene rings is 1. The van der Waals surface area contributed by atoms with E-state index in [1.165, 1.54) is 35.2 Å². The number of furan rings is 1. The lowest BCUT2D eigenvalue weighted by Crippen LogP contribution is -2.29. The number of halogens is 2. The van der Waals surface area contributed by atoms with Crippen molar-refractivity contribution >= 4 is 57.4 Å². The second-order valence-corrected chi connectivity index (χ2v) is 10.7. The molecule has 1 aliphatic rings. The summed E-state index contributed by atoms with van der Waals surface area (Å²) in [7, 11) is 0. The third-order valence-electron chi connectivity index (χ3n) is 6.28. The van der Waals surface area contributed by atoms with Gasteiger partial charge < -0.3 is 9.15 Å². The molecule has 11 heteroatoms. The number of carbonyl (C=O) groups excluding carboxylic acids is 1. The number of carbonyl (C=O) groups is 1. The van der Waals surface area contributed by atoms with Crippen molar-refractivity contribution in [1.82, 2.24) is 4.90 Å². The van der Waals surface area contributed by atoms with Crippen molar-refractivity contribution in [2.75, 3.05) is 13.2 Å². The third kappa shape index (κ3) is 5.91. The Morgan fingerprint density at radius 2 is 2.00 bits per heavy atom. The van der Waals surface area contributed by atoms with Gasteiger partial charge in [-0.1, -0.05) is 53.5 Å². The highest BCUT2D eigenvalue weighted by Crippen LogP contribution is 2.40. The van der Waals surface area contributed by atoms with Crippen LogP contribution in [0.3, 0.4) is 0 Å². The summed E-state index contributed by atoms with van der Waals surface area (Å²) in [4.78, 5) is 31.5. The van der Waals surface area contributed by atoms with Crippen molar-refractivity contribution in [3.8, 4) is 11.3 Å². The Labute approximate surface area is 238 Å². The van der Waals surface area contributed by atoms with Crippen LogP contribution in [0.1, 0.15) is 39.0 Å². The predicted octanol–water partition coefficient (Wildman–Crippen LogP) is 7.71. The molecule has 4 aromatic rings. The molecule has 2 aromatic carbocycles. The number of benzene rings is 2. The lowest BCUT2D eigenvalue weighted by atomic mass is 10.0. The Kier molecular flexibility index (Phi) is 8.13. The van der Waals surface area contributed by atoms with Crippen molar-refractivity contribution in [1.29, 1.82) is 0 Å². The van der Waals surface area contributed by atoms with Gasteiger partial charge in [0.15, 0.2) is 0 Å². The molecular formula is C28H23Cl2N3O5S. The lowest BCUT2D eigenvalue weighted by Gasteiger charge is -2.27. The Bertz CT molecular complexity index is 1560. The Morgan fingerprint density at radius 3 is 2.74 bits per heavy atom. The van der Waals surface area contributed by atoms with Crippen LogP contribution in [0.4, 0.5) is 10.7 Å². The molecule has 0 spiro atoms. The van der Waals surface area contributed by atoms with Crippen molar-refractivity contribution in [3.05, 3.63) is 102 Å². The summed E-state index contributed by atoms with van der Waals surface area (Å²) in [5.74, 6) is 0.416. The first kappa shape index (κ1) is 27.1. The summed E-state index contributed by atoms with van der Waals surface area (Å²) in [5, 5.41) is 11.8. The number of fused-ring (bicyclic) bond motifs is 1. The van der Waals surface area contributed by atoms with E-state index in [1.54, 1.807) is 19.1 Å². The molecule has 0 aliphatic carbocycles. The quantitative estimate of drug-likeness (QED) is 0.0911. The number of hydrogen-bond acceptors (Lipinski definition) is 8. The van der Waals surface area contributed by atoms with Crippen LogP contribution in [0.25, 0.3) is 11.3 Å². The standard InChI is InChI=1S/C28H23Cl2N3O5S/c1-2-37-28(34)26-19-10-11-32(15-17-6-4-3-5-7-17)16-25(19)39-27(26)31-14-18-8-9-24(38-18)20-12-22(30)23(33(35)36)13-21(20)29/h3-9,12-14H,2,10-11,15-16H2,1H3. The molecular weight excluding hydrogens is 561 g/mol. The van der Waals surface area contributed by atoms with E-state index in [1.807, 2.05) is 18.2 Å². The molecule has 0 radical (unpaired) electrons. The second-order valence-electron chi connectivity index (χ2n) is 8.85. The molecule has 2 aromatic heterocycles. The minimum Gasteiger partial charge on any atom is -0.462 e. The zero-order valence-corrected chi connectivity index (χ0v) is 23.2. The minimum absolute atomic E-state index is 0.0458. The van der Waals surface area contributed by atoms with E-state index in [-0.39, 0.29) is 28.3 Å². The first-order valence-corrected chi connectivity index (χ1v) is 13.8. The molecule has 39 heavy (non-hydrogen) atoms. The van der Waals surface area contributed by atoms with Crippen molar-refractivity contribution in [2.24, 2.45) is 4.99 Å². The van der Waals surface area contributed by atoms with Gasteiger partial charge in [0.05, 0.1) is 28.3 Å². The third-order valence-corrected chi connectivity index (χ3v) is 8.02. The summed E-state index contributed by atoms with van der Waals surface area (Å²) >= 11 is 13.8. The molecule has 8 nitrogen and oxygen atoms in total. The summed E-state index contributed by atoms with van der Waals surface area (Å²) in [6, 6.07) is 16.3. The fourth-order valence-corrected chi connectivity index (χ4v) is 6.18. The molecule has 5 rings (SSSR count). The molecule has 0 unspecified atom stereocenters. The van der Waals surface area contributed by atoms with Crippen LogP contribution >= 0.6 is 34.5 Å². The largest absolute Gasteiger partial charge is 0.462 e. The van der Waals surface area contributed by atoms with Gasteiger partial charge in [-0.3, -0.25) is 15.0 Å². The molecule has 0 amide bonds. The van der Waals surface area contributed by atoms with Gasteiger partial charge >= 0.3 is 5.97 Å². The first-order valence-electron chi connectivity index (χ1n) is 12.2. The Balaban J connectivity index is 1.41. The number of nitro benzene ring substituents is 1. The van der Waals surface area contributed by atoms with E-state index in [0.717, 1.165) is 36.5 Å². The number of esters is 1. The summed E-state index contributed by atoms with van der Waals surface area (Å²) in [5.41, 5.74) is 2.87. The van der Waals surface area contributed by atoms with Gasteiger partial charge in [-0.15, -0.1) is 11.3 Å². The van der Waals surface area contributed by atoms with Crippen LogP contribution in [0.5, 0.6) is 0 Å². The van der Waals surface area contributed by atoms with Gasteiger partial charge in [0.2, 0.25) is 0 Å². The highest BCUT2D eigenvalue weighted by atomic mass is 35.5. The van der Waals surface area contributed by atoms with E-state index in [2.05, 4.69) is 22.0 Å². The van der Waals surface area contributed by atoms with E-state index < -0.39 is 4.92 Å². The van der Waals surface area contributed by atoms with Crippen molar-refractivity contribution in [2.45, 2.75) is 26.4 Å². The van der Waals surface area contributed by atoms with Crippen LogP contribution in [0, 0.1) is 10.1 Å². The molecule has 200 valence electrons. The molecule has 0 saturated carbocycles. The van der Waals surface area contributed by atoms with E-state index >= 15 is 0 Å². The molecule has 0 saturated heterocycles. The zero-order valence-electron chi connectivity index (χ0n) is 20.9. The molecule has 0 atom stereocenters. The van der Waals surface area contributed by atoms with Gasteiger partial charge in [0, 0.05) is 36.1 Å². The van der Waals surface area contributed by atoms with Gasteiger partial charge in [-0.25, -0.2) is 9.79 Å². The van der Waals surface area contributed by atoms with Gasteiger partial charge in [0.1, 0.15) is 21.5 Å². The number of rotatable bonds is 8. The molecule has 0 fully saturated rings. The van der Waals surface area contributed by atoms with Gasteiger partial charge in [-0.2, -0.15) is 0 Å². The Hall–Kier alpha value is -3.50. The smallest absolute Gasteiger partial charge is 0.341 e. The van der Waals surface area contributed by atoms with E-state index in [9.17, 15) is 14.9 Å². The molecule has 1 aliphatic heterocycles. The maximum Gasteiger partial charge on any atom is 0.341 e. The van der Waals surface area contributed by atoms with Gasteiger partial charge in [-0.05, 0) is 42.7 Å². The van der Waals surface area contributed by atoms with Crippen LogP contribution < -0.4 is 0 Å². The number of ether oxygens (including phenoxy) is 1. The average molecular weight is 584 g/mol.